The van der Waals surface area contributed by atoms with Crippen molar-refractivity contribution in [3.8, 4) is 5.75 Å². The predicted octanol–water partition coefficient (Wildman–Crippen LogP) is 4.08. The molecule has 5 atom stereocenters. The number of hydrogen-bond acceptors (Lipinski definition) is 5. The molecule has 1 aliphatic carbocycles. The van der Waals surface area contributed by atoms with E-state index in [1.54, 1.807) is 0 Å². The second-order valence-corrected chi connectivity index (χ2v) is 9.61. The molecule has 4 N–H and O–H groups in total. The van der Waals surface area contributed by atoms with Crippen LogP contribution in [0.25, 0.3) is 0 Å². The number of aryl methyl sites for hydroxylation is 1. The highest BCUT2D eigenvalue weighted by atomic mass is 16.5. The minimum atomic E-state index is -0.770. The molecule has 5 unspecified atom stereocenters. The van der Waals surface area contributed by atoms with Gasteiger partial charge in [0.05, 0.1) is 18.3 Å². The Kier molecular flexibility index (Phi) is 9.79. The number of aliphatic hydroxyl groups excluding tert-OH is 3. The third-order valence-corrected chi connectivity index (χ3v) is 6.74. The van der Waals surface area contributed by atoms with Gasteiger partial charge in [-0.05, 0) is 76.3 Å². The number of ether oxygens (including phenoxy) is 1. The van der Waals surface area contributed by atoms with E-state index in [1.807, 2.05) is 45.0 Å². The fourth-order valence-electron chi connectivity index (χ4n) is 4.71. The molecule has 0 amide bonds. The first-order chi connectivity index (χ1) is 14.6. The third kappa shape index (κ3) is 7.78. The van der Waals surface area contributed by atoms with Crippen molar-refractivity contribution in [1.29, 1.82) is 0 Å². The maximum Gasteiger partial charge on any atom is 0.303 e. The normalized spacial score (nSPS) is 24.8. The summed E-state index contributed by atoms with van der Waals surface area (Å²) in [6.45, 7) is 5.72. The summed E-state index contributed by atoms with van der Waals surface area (Å²) in [6.07, 6.45) is 4.12. The van der Waals surface area contributed by atoms with E-state index < -0.39 is 29.9 Å². The van der Waals surface area contributed by atoms with Crippen LogP contribution in [0, 0.1) is 18.8 Å². The van der Waals surface area contributed by atoms with Crippen molar-refractivity contribution in [3.63, 3.8) is 0 Å². The van der Waals surface area contributed by atoms with E-state index in [2.05, 4.69) is 0 Å². The van der Waals surface area contributed by atoms with Gasteiger partial charge in [-0.3, -0.25) is 4.79 Å². The van der Waals surface area contributed by atoms with Gasteiger partial charge in [-0.1, -0.05) is 37.5 Å². The van der Waals surface area contributed by atoms with Gasteiger partial charge in [-0.25, -0.2) is 0 Å². The molecule has 1 aromatic rings. The molecule has 0 aromatic heterocycles. The van der Waals surface area contributed by atoms with Crippen LogP contribution in [0.2, 0.25) is 0 Å². The number of unbranched alkanes of at least 4 members (excludes halogenated alkanes) is 3. The maximum absolute atomic E-state index is 10.8. The van der Waals surface area contributed by atoms with Crippen LogP contribution in [0.1, 0.15) is 77.2 Å². The predicted molar refractivity (Wildman–Crippen MR) is 120 cm³/mol. The van der Waals surface area contributed by atoms with Crippen LogP contribution in [0.4, 0.5) is 0 Å². The van der Waals surface area contributed by atoms with E-state index in [0.717, 1.165) is 37.0 Å². The molecule has 0 radical (unpaired) electrons. The van der Waals surface area contributed by atoms with Crippen LogP contribution in [-0.2, 0) is 4.79 Å². The quantitative estimate of drug-likeness (QED) is 0.347. The molecule has 0 heterocycles. The highest BCUT2D eigenvalue weighted by Crippen LogP contribution is 2.40. The summed E-state index contributed by atoms with van der Waals surface area (Å²) in [5, 5.41) is 40.4. The molecular formula is C25H40O6. The minimum absolute atomic E-state index is 0.0158. The van der Waals surface area contributed by atoms with Crippen molar-refractivity contribution in [2.75, 3.05) is 0 Å². The van der Waals surface area contributed by atoms with Crippen molar-refractivity contribution < 1.29 is 30.0 Å². The first kappa shape index (κ1) is 25.6. The van der Waals surface area contributed by atoms with Crippen LogP contribution in [0.5, 0.6) is 5.75 Å². The number of carboxylic acids is 1. The summed E-state index contributed by atoms with van der Waals surface area (Å²) < 4.78 is 6.10. The van der Waals surface area contributed by atoms with Crippen molar-refractivity contribution in [2.45, 2.75) is 102 Å². The summed E-state index contributed by atoms with van der Waals surface area (Å²) in [5.74, 6) is -0.0362. The second kappa shape index (κ2) is 11.8. The molecule has 176 valence electrons. The van der Waals surface area contributed by atoms with Crippen molar-refractivity contribution in [1.82, 2.24) is 0 Å². The number of aliphatic hydroxyl groups is 3. The molecule has 0 saturated heterocycles. The zero-order chi connectivity index (χ0) is 23.0. The first-order valence-corrected chi connectivity index (χ1v) is 11.6. The summed E-state index contributed by atoms with van der Waals surface area (Å²) in [6, 6.07) is 7.73. The summed E-state index contributed by atoms with van der Waals surface area (Å²) in [4.78, 5) is 10.6. The van der Waals surface area contributed by atoms with E-state index in [4.69, 9.17) is 9.84 Å². The zero-order valence-corrected chi connectivity index (χ0v) is 19.2. The highest BCUT2D eigenvalue weighted by molar-refractivity contribution is 5.66. The number of para-hydroxylation sites is 1. The molecular weight excluding hydrogens is 396 g/mol. The Morgan fingerprint density at radius 1 is 1.06 bits per heavy atom. The Hall–Kier alpha value is -1.63. The third-order valence-electron chi connectivity index (χ3n) is 6.74. The van der Waals surface area contributed by atoms with Gasteiger partial charge in [0.2, 0.25) is 0 Å². The number of hydrogen-bond donors (Lipinski definition) is 4. The molecule has 1 fully saturated rings. The first-order valence-electron chi connectivity index (χ1n) is 11.6. The molecule has 2 rings (SSSR count). The van der Waals surface area contributed by atoms with E-state index in [1.165, 1.54) is 0 Å². The van der Waals surface area contributed by atoms with Gasteiger partial charge >= 0.3 is 5.97 Å². The van der Waals surface area contributed by atoms with Gasteiger partial charge in [-0.2, -0.15) is 0 Å². The van der Waals surface area contributed by atoms with Gasteiger partial charge in [0.15, 0.2) is 0 Å². The largest absolute Gasteiger partial charge is 0.485 e. The number of rotatable bonds is 13. The Morgan fingerprint density at radius 2 is 1.68 bits per heavy atom. The molecule has 1 saturated carbocycles. The van der Waals surface area contributed by atoms with E-state index >= 15 is 0 Å². The van der Waals surface area contributed by atoms with E-state index in [0.29, 0.717) is 25.7 Å². The lowest BCUT2D eigenvalue weighted by Crippen LogP contribution is -2.42. The summed E-state index contributed by atoms with van der Waals surface area (Å²) in [7, 11) is 0. The van der Waals surface area contributed by atoms with Crippen molar-refractivity contribution in [2.24, 2.45) is 11.8 Å². The van der Waals surface area contributed by atoms with Crippen molar-refractivity contribution in [3.05, 3.63) is 29.8 Å². The molecule has 1 aromatic carbocycles. The van der Waals surface area contributed by atoms with Crippen LogP contribution >= 0.6 is 0 Å². The number of benzene rings is 1. The Morgan fingerprint density at radius 3 is 2.32 bits per heavy atom. The van der Waals surface area contributed by atoms with Crippen LogP contribution in [-0.4, -0.2) is 50.3 Å². The molecule has 1 aliphatic rings. The molecule has 0 bridgehead atoms. The van der Waals surface area contributed by atoms with Crippen LogP contribution in [0.15, 0.2) is 24.3 Å². The fourth-order valence-corrected chi connectivity index (χ4v) is 4.71. The van der Waals surface area contributed by atoms with E-state index in [9.17, 15) is 20.1 Å². The smallest absolute Gasteiger partial charge is 0.303 e. The summed E-state index contributed by atoms with van der Waals surface area (Å²) in [5.41, 5.74) is 0.244. The Balaban J connectivity index is 1.84. The highest BCUT2D eigenvalue weighted by Gasteiger charge is 2.42. The molecule has 31 heavy (non-hydrogen) atoms. The van der Waals surface area contributed by atoms with Crippen molar-refractivity contribution >= 4 is 5.97 Å². The Labute approximate surface area is 186 Å². The standard InChI is InChI=1S/C25H40O6/c1-17-10-8-9-12-22(17)31-25(2,3)23(28)15-14-19-18(20(26)16-21(19)27)11-6-4-5-7-13-24(29)30/h8-10,12,18-21,23,26-28H,4-7,11,13-16H2,1-3H3,(H,29,30). The number of aliphatic carboxylic acids is 1. The van der Waals surface area contributed by atoms with Gasteiger partial charge < -0.3 is 25.2 Å². The van der Waals surface area contributed by atoms with Crippen LogP contribution in [0.3, 0.4) is 0 Å². The maximum atomic E-state index is 10.8. The average molecular weight is 437 g/mol. The second-order valence-electron chi connectivity index (χ2n) is 9.61. The SMILES string of the molecule is Cc1ccccc1OC(C)(C)C(O)CCC1C(O)CC(O)C1CCCCCCC(=O)O. The van der Waals surface area contributed by atoms with Gasteiger partial charge in [0, 0.05) is 6.42 Å². The fraction of sp³-hybridized carbons (Fsp3) is 0.720. The van der Waals surface area contributed by atoms with Gasteiger partial charge in [0.1, 0.15) is 11.4 Å². The van der Waals surface area contributed by atoms with Gasteiger partial charge in [-0.15, -0.1) is 0 Å². The lowest BCUT2D eigenvalue weighted by Gasteiger charge is -2.33. The molecule has 0 aliphatic heterocycles. The topological polar surface area (TPSA) is 107 Å². The molecule has 0 spiro atoms. The average Bonchev–Trinajstić information content (AvgIpc) is 2.96. The molecule has 6 nitrogen and oxygen atoms in total. The lowest BCUT2D eigenvalue weighted by atomic mass is 9.83. The number of carboxylic acid groups (broad SMARTS) is 1. The minimum Gasteiger partial charge on any atom is -0.485 e. The number of carbonyl (C=O) groups is 1. The monoisotopic (exact) mass is 436 g/mol. The van der Waals surface area contributed by atoms with Gasteiger partial charge in [0.25, 0.3) is 0 Å². The summed E-state index contributed by atoms with van der Waals surface area (Å²) >= 11 is 0. The molecule has 6 heteroatoms. The van der Waals surface area contributed by atoms with E-state index in [-0.39, 0.29) is 18.3 Å². The zero-order valence-electron chi connectivity index (χ0n) is 19.2. The lowest BCUT2D eigenvalue weighted by molar-refractivity contribution is -0.137. The Bertz CT molecular complexity index is 688. The van der Waals surface area contributed by atoms with Crippen LogP contribution < -0.4 is 4.74 Å².